The van der Waals surface area contributed by atoms with Crippen LogP contribution in [0.2, 0.25) is 0 Å². The summed E-state index contributed by atoms with van der Waals surface area (Å²) in [6.07, 6.45) is 0.175. The van der Waals surface area contributed by atoms with Crippen molar-refractivity contribution >= 4 is 5.97 Å². The molecule has 1 saturated heterocycles. The first kappa shape index (κ1) is 11.5. The molecule has 82 valence electrons. The van der Waals surface area contributed by atoms with Gasteiger partial charge in [0.15, 0.2) is 0 Å². The minimum atomic E-state index is -0.429. The van der Waals surface area contributed by atoms with E-state index in [0.29, 0.717) is 13.2 Å². The molecular weight excluding hydrogens is 182 g/mol. The molecule has 1 heterocycles. The highest BCUT2D eigenvalue weighted by molar-refractivity contribution is 5.76. The SMILES string of the molecule is C[C@H]1CN[C@H](C(=O)OC(C)(C)C)CO1. The molecule has 1 fully saturated rings. The Kier molecular flexibility index (Phi) is 3.50. The Morgan fingerprint density at radius 2 is 2.14 bits per heavy atom. The van der Waals surface area contributed by atoms with Crippen molar-refractivity contribution in [3.05, 3.63) is 0 Å². The van der Waals surface area contributed by atoms with E-state index in [1.165, 1.54) is 0 Å². The summed E-state index contributed by atoms with van der Waals surface area (Å²) in [4.78, 5) is 11.6. The Bertz CT molecular complexity index is 202. The van der Waals surface area contributed by atoms with Gasteiger partial charge in [0.05, 0.1) is 12.7 Å². The summed E-state index contributed by atoms with van der Waals surface area (Å²) in [6, 6.07) is -0.314. The fourth-order valence-electron chi connectivity index (χ4n) is 1.21. The number of esters is 1. The molecule has 0 aromatic carbocycles. The van der Waals surface area contributed by atoms with Crippen molar-refractivity contribution in [3.8, 4) is 0 Å². The summed E-state index contributed by atoms with van der Waals surface area (Å²) in [5.74, 6) is -0.232. The lowest BCUT2D eigenvalue weighted by molar-refractivity contribution is -0.161. The number of hydrogen-bond acceptors (Lipinski definition) is 4. The molecule has 0 aromatic heterocycles. The van der Waals surface area contributed by atoms with Gasteiger partial charge in [-0.3, -0.25) is 10.1 Å². The maximum Gasteiger partial charge on any atom is 0.326 e. The first-order valence-electron chi connectivity index (χ1n) is 4.96. The Labute approximate surface area is 85.0 Å². The molecule has 4 heteroatoms. The van der Waals surface area contributed by atoms with E-state index in [4.69, 9.17) is 9.47 Å². The fraction of sp³-hybridized carbons (Fsp3) is 0.900. The molecule has 1 N–H and O–H groups in total. The average molecular weight is 201 g/mol. The molecule has 14 heavy (non-hydrogen) atoms. The molecule has 1 aliphatic rings. The van der Waals surface area contributed by atoms with Crippen molar-refractivity contribution < 1.29 is 14.3 Å². The molecule has 0 aromatic rings. The third-order valence-corrected chi connectivity index (χ3v) is 1.89. The topological polar surface area (TPSA) is 47.6 Å². The zero-order valence-electron chi connectivity index (χ0n) is 9.29. The largest absolute Gasteiger partial charge is 0.459 e. The van der Waals surface area contributed by atoms with Crippen molar-refractivity contribution in [3.63, 3.8) is 0 Å². The quantitative estimate of drug-likeness (QED) is 0.635. The van der Waals surface area contributed by atoms with Crippen LogP contribution < -0.4 is 5.32 Å². The highest BCUT2D eigenvalue weighted by Crippen LogP contribution is 2.10. The number of carbonyl (C=O) groups excluding carboxylic acids is 1. The van der Waals surface area contributed by atoms with Crippen LogP contribution in [-0.2, 0) is 14.3 Å². The second-order valence-electron chi connectivity index (χ2n) is 4.64. The molecule has 4 nitrogen and oxygen atoms in total. The Balaban J connectivity index is 2.38. The molecular formula is C10H19NO3. The molecule has 0 bridgehead atoms. The van der Waals surface area contributed by atoms with Crippen LogP contribution in [-0.4, -0.2) is 36.9 Å². The molecule has 0 saturated carbocycles. The van der Waals surface area contributed by atoms with Gasteiger partial charge in [-0.25, -0.2) is 0 Å². The molecule has 0 amide bonds. The van der Waals surface area contributed by atoms with E-state index >= 15 is 0 Å². The van der Waals surface area contributed by atoms with Gasteiger partial charge in [-0.1, -0.05) is 0 Å². The van der Waals surface area contributed by atoms with Gasteiger partial charge in [-0.15, -0.1) is 0 Å². The molecule has 0 radical (unpaired) electrons. The summed E-state index contributed by atoms with van der Waals surface area (Å²) in [5.41, 5.74) is -0.429. The van der Waals surface area contributed by atoms with E-state index in [1.54, 1.807) is 0 Å². The lowest BCUT2D eigenvalue weighted by atomic mass is 10.2. The minimum absolute atomic E-state index is 0.175. The van der Waals surface area contributed by atoms with Gasteiger partial charge in [0.2, 0.25) is 0 Å². The van der Waals surface area contributed by atoms with E-state index < -0.39 is 5.60 Å². The zero-order chi connectivity index (χ0) is 10.8. The van der Waals surface area contributed by atoms with Gasteiger partial charge in [0, 0.05) is 6.54 Å². The number of ether oxygens (including phenoxy) is 2. The third-order valence-electron chi connectivity index (χ3n) is 1.89. The van der Waals surface area contributed by atoms with Gasteiger partial charge in [0.1, 0.15) is 11.6 Å². The van der Waals surface area contributed by atoms with Gasteiger partial charge >= 0.3 is 5.97 Å². The maximum absolute atomic E-state index is 11.6. The van der Waals surface area contributed by atoms with Crippen LogP contribution >= 0.6 is 0 Å². The summed E-state index contributed by atoms with van der Waals surface area (Å²) >= 11 is 0. The van der Waals surface area contributed by atoms with Gasteiger partial charge in [0.25, 0.3) is 0 Å². The molecule has 0 aliphatic carbocycles. The van der Waals surface area contributed by atoms with Crippen molar-refractivity contribution in [2.75, 3.05) is 13.2 Å². The smallest absolute Gasteiger partial charge is 0.326 e. The third kappa shape index (κ3) is 3.64. The maximum atomic E-state index is 11.6. The highest BCUT2D eigenvalue weighted by Gasteiger charge is 2.28. The monoisotopic (exact) mass is 201 g/mol. The normalized spacial score (nSPS) is 28.6. The van der Waals surface area contributed by atoms with E-state index in [2.05, 4.69) is 5.32 Å². The van der Waals surface area contributed by atoms with Crippen molar-refractivity contribution in [2.45, 2.75) is 45.4 Å². The van der Waals surface area contributed by atoms with Crippen LogP contribution in [0.4, 0.5) is 0 Å². The minimum Gasteiger partial charge on any atom is -0.459 e. The van der Waals surface area contributed by atoms with E-state index in [1.807, 2.05) is 27.7 Å². The van der Waals surface area contributed by atoms with Crippen LogP contribution in [0.25, 0.3) is 0 Å². The number of hydrogen-bond donors (Lipinski definition) is 1. The Morgan fingerprint density at radius 3 is 2.57 bits per heavy atom. The van der Waals surface area contributed by atoms with Crippen molar-refractivity contribution in [2.24, 2.45) is 0 Å². The number of rotatable bonds is 1. The summed E-state index contributed by atoms with van der Waals surface area (Å²) in [5, 5.41) is 3.09. The number of nitrogens with one attached hydrogen (secondary N) is 1. The number of morpholine rings is 1. The second kappa shape index (κ2) is 4.28. The van der Waals surface area contributed by atoms with Crippen LogP contribution in [0.3, 0.4) is 0 Å². The lowest BCUT2D eigenvalue weighted by Gasteiger charge is -2.29. The lowest BCUT2D eigenvalue weighted by Crippen LogP contribution is -2.51. The van der Waals surface area contributed by atoms with Crippen molar-refractivity contribution in [1.82, 2.24) is 5.32 Å². The summed E-state index contributed by atoms with van der Waals surface area (Å²) < 4.78 is 10.6. The summed E-state index contributed by atoms with van der Waals surface area (Å²) in [7, 11) is 0. The van der Waals surface area contributed by atoms with E-state index in [9.17, 15) is 4.79 Å². The van der Waals surface area contributed by atoms with E-state index in [0.717, 1.165) is 0 Å². The van der Waals surface area contributed by atoms with Crippen LogP contribution in [0, 0.1) is 0 Å². The molecule has 2 atom stereocenters. The fourth-order valence-corrected chi connectivity index (χ4v) is 1.21. The molecule has 0 spiro atoms. The van der Waals surface area contributed by atoms with Crippen LogP contribution in [0.1, 0.15) is 27.7 Å². The van der Waals surface area contributed by atoms with Gasteiger partial charge < -0.3 is 9.47 Å². The molecule has 0 unspecified atom stereocenters. The Hall–Kier alpha value is -0.610. The predicted molar refractivity (Wildman–Crippen MR) is 53.0 cm³/mol. The van der Waals surface area contributed by atoms with Gasteiger partial charge in [-0.2, -0.15) is 0 Å². The first-order valence-corrected chi connectivity index (χ1v) is 4.96. The zero-order valence-corrected chi connectivity index (χ0v) is 9.29. The first-order chi connectivity index (χ1) is 6.38. The van der Waals surface area contributed by atoms with E-state index in [-0.39, 0.29) is 18.1 Å². The number of carbonyl (C=O) groups is 1. The van der Waals surface area contributed by atoms with Gasteiger partial charge in [-0.05, 0) is 27.7 Å². The molecule has 1 aliphatic heterocycles. The average Bonchev–Trinajstić information content (AvgIpc) is 2.02. The van der Waals surface area contributed by atoms with Crippen LogP contribution in [0.5, 0.6) is 0 Å². The Morgan fingerprint density at radius 1 is 1.50 bits per heavy atom. The van der Waals surface area contributed by atoms with Crippen molar-refractivity contribution in [1.29, 1.82) is 0 Å². The standard InChI is InChI=1S/C10H19NO3/c1-7-5-11-8(6-13-7)9(12)14-10(2,3)4/h7-8,11H,5-6H2,1-4H3/t7-,8-/m0/s1. The molecule has 1 rings (SSSR count). The van der Waals surface area contributed by atoms with Crippen LogP contribution in [0.15, 0.2) is 0 Å². The predicted octanol–water partition coefficient (Wildman–Crippen LogP) is 0.705. The highest BCUT2D eigenvalue weighted by atomic mass is 16.6. The second-order valence-corrected chi connectivity index (χ2v) is 4.64. The summed E-state index contributed by atoms with van der Waals surface area (Å²) in [6.45, 7) is 8.64.